The average Bonchev–Trinajstić information content (AvgIpc) is 2.81. The van der Waals surface area contributed by atoms with Crippen LogP contribution in [0.15, 0.2) is 18.2 Å². The number of hydrogen-bond donors (Lipinski definition) is 1. The molecule has 0 aliphatic carbocycles. The second kappa shape index (κ2) is 5.88. The Kier molecular flexibility index (Phi) is 4.47. The highest BCUT2D eigenvalue weighted by molar-refractivity contribution is 6.31. The van der Waals surface area contributed by atoms with Crippen molar-refractivity contribution in [1.29, 1.82) is 0 Å². The minimum Gasteiger partial charge on any atom is -0.314 e. The first kappa shape index (κ1) is 12.9. The minimum absolute atomic E-state index is 0.557. The van der Waals surface area contributed by atoms with Crippen LogP contribution in [-0.2, 0) is 6.42 Å². The molecule has 1 fully saturated rings. The Morgan fingerprint density at radius 3 is 2.88 bits per heavy atom. The summed E-state index contributed by atoms with van der Waals surface area (Å²) in [5.74, 6) is 0.557. The Morgan fingerprint density at radius 2 is 2.29 bits per heavy atom. The smallest absolute Gasteiger partial charge is 0.0443 e. The van der Waals surface area contributed by atoms with Crippen molar-refractivity contribution in [3.8, 4) is 0 Å². The molecule has 1 aliphatic heterocycles. The third kappa shape index (κ3) is 3.23. The van der Waals surface area contributed by atoms with E-state index in [0.717, 1.165) is 17.9 Å². The quantitative estimate of drug-likeness (QED) is 0.848. The predicted molar refractivity (Wildman–Crippen MR) is 74.9 cm³/mol. The second-order valence-electron chi connectivity index (χ2n) is 5.16. The van der Waals surface area contributed by atoms with Gasteiger partial charge in [-0.15, -0.1) is 0 Å². The molecule has 1 nitrogen and oxygen atoms in total. The molecule has 2 unspecified atom stereocenters. The molecule has 1 aromatic rings. The highest BCUT2D eigenvalue weighted by atomic mass is 35.5. The van der Waals surface area contributed by atoms with Gasteiger partial charge in [0, 0.05) is 11.1 Å². The molecule has 0 amide bonds. The Bertz CT molecular complexity index is 369. The molecule has 2 rings (SSSR count). The van der Waals surface area contributed by atoms with Gasteiger partial charge in [0.15, 0.2) is 0 Å². The summed E-state index contributed by atoms with van der Waals surface area (Å²) in [6.07, 6.45) is 4.86. The van der Waals surface area contributed by atoms with Crippen LogP contribution in [0.25, 0.3) is 0 Å². The topological polar surface area (TPSA) is 12.0 Å². The molecular formula is C15H22ClN. The maximum atomic E-state index is 6.37. The van der Waals surface area contributed by atoms with Gasteiger partial charge in [0.1, 0.15) is 0 Å². The van der Waals surface area contributed by atoms with E-state index in [4.69, 9.17) is 11.6 Å². The molecule has 0 saturated carbocycles. The molecule has 0 spiro atoms. The molecule has 1 saturated heterocycles. The minimum atomic E-state index is 0.557. The van der Waals surface area contributed by atoms with Crippen LogP contribution in [-0.4, -0.2) is 12.6 Å². The van der Waals surface area contributed by atoms with Gasteiger partial charge in [0.2, 0.25) is 0 Å². The lowest BCUT2D eigenvalue weighted by Gasteiger charge is -2.14. The van der Waals surface area contributed by atoms with Gasteiger partial charge in [-0.2, -0.15) is 0 Å². The number of benzene rings is 1. The van der Waals surface area contributed by atoms with Crippen molar-refractivity contribution >= 4 is 11.6 Å². The number of halogens is 1. The van der Waals surface area contributed by atoms with Gasteiger partial charge in [-0.25, -0.2) is 0 Å². The van der Waals surface area contributed by atoms with Crippen LogP contribution in [0.2, 0.25) is 5.02 Å². The molecule has 0 aromatic heterocycles. The first-order valence-electron chi connectivity index (χ1n) is 6.72. The van der Waals surface area contributed by atoms with E-state index in [-0.39, 0.29) is 0 Å². The van der Waals surface area contributed by atoms with Gasteiger partial charge >= 0.3 is 0 Å². The largest absolute Gasteiger partial charge is 0.314 e. The van der Waals surface area contributed by atoms with Crippen LogP contribution in [0.1, 0.15) is 50.2 Å². The van der Waals surface area contributed by atoms with Gasteiger partial charge in [-0.3, -0.25) is 0 Å². The summed E-state index contributed by atoms with van der Waals surface area (Å²) >= 11 is 6.37. The lowest BCUT2D eigenvalue weighted by molar-refractivity contribution is 0.603. The van der Waals surface area contributed by atoms with E-state index in [2.05, 4.69) is 37.4 Å². The van der Waals surface area contributed by atoms with Gasteiger partial charge in [-0.1, -0.05) is 37.6 Å². The van der Waals surface area contributed by atoms with Crippen molar-refractivity contribution in [2.24, 2.45) is 0 Å². The Balaban J connectivity index is 2.07. The number of hydrogen-bond acceptors (Lipinski definition) is 1. The predicted octanol–water partition coefficient (Wildman–Crippen LogP) is 4.15. The van der Waals surface area contributed by atoms with Crippen molar-refractivity contribution in [1.82, 2.24) is 5.32 Å². The summed E-state index contributed by atoms with van der Waals surface area (Å²) in [6.45, 7) is 5.61. The van der Waals surface area contributed by atoms with E-state index < -0.39 is 0 Å². The van der Waals surface area contributed by atoms with Crippen molar-refractivity contribution in [3.63, 3.8) is 0 Å². The van der Waals surface area contributed by atoms with Gasteiger partial charge in [-0.05, 0) is 55.3 Å². The van der Waals surface area contributed by atoms with E-state index in [1.807, 2.05) is 0 Å². The lowest BCUT2D eigenvalue weighted by atomic mass is 9.95. The first-order chi connectivity index (χ1) is 8.20. The Morgan fingerprint density at radius 1 is 1.47 bits per heavy atom. The monoisotopic (exact) mass is 251 g/mol. The summed E-state index contributed by atoms with van der Waals surface area (Å²) in [5, 5.41) is 4.47. The van der Waals surface area contributed by atoms with Crippen molar-refractivity contribution in [3.05, 3.63) is 34.3 Å². The fraction of sp³-hybridized carbons (Fsp3) is 0.600. The van der Waals surface area contributed by atoms with Gasteiger partial charge < -0.3 is 5.32 Å². The normalized spacial score (nSPS) is 21.7. The molecule has 2 atom stereocenters. The summed E-state index contributed by atoms with van der Waals surface area (Å²) in [5.41, 5.74) is 2.65. The van der Waals surface area contributed by atoms with Crippen LogP contribution < -0.4 is 5.32 Å². The van der Waals surface area contributed by atoms with Crippen LogP contribution in [0, 0.1) is 0 Å². The molecule has 94 valence electrons. The zero-order valence-electron chi connectivity index (χ0n) is 10.8. The lowest BCUT2D eigenvalue weighted by Crippen LogP contribution is -2.23. The van der Waals surface area contributed by atoms with E-state index in [0.29, 0.717) is 12.0 Å². The highest BCUT2D eigenvalue weighted by Gasteiger charge is 2.15. The van der Waals surface area contributed by atoms with Crippen LogP contribution in [0.4, 0.5) is 0 Å². The Hall–Kier alpha value is -0.530. The van der Waals surface area contributed by atoms with Gasteiger partial charge in [0.05, 0.1) is 0 Å². The summed E-state index contributed by atoms with van der Waals surface area (Å²) < 4.78 is 0. The summed E-state index contributed by atoms with van der Waals surface area (Å²) in [6, 6.07) is 7.26. The third-order valence-corrected chi connectivity index (χ3v) is 4.18. The average molecular weight is 252 g/mol. The first-order valence-corrected chi connectivity index (χ1v) is 7.10. The third-order valence-electron chi connectivity index (χ3n) is 3.85. The molecule has 2 heteroatoms. The van der Waals surface area contributed by atoms with E-state index in [1.165, 1.54) is 30.5 Å². The SMILES string of the molecule is CCC(C)c1ccc(CC2CCCN2)cc1Cl. The van der Waals surface area contributed by atoms with Crippen molar-refractivity contribution in [2.75, 3.05) is 6.54 Å². The van der Waals surface area contributed by atoms with Crippen molar-refractivity contribution < 1.29 is 0 Å². The molecule has 0 radical (unpaired) electrons. The zero-order valence-corrected chi connectivity index (χ0v) is 11.6. The fourth-order valence-corrected chi connectivity index (χ4v) is 2.92. The maximum absolute atomic E-state index is 6.37. The van der Waals surface area contributed by atoms with E-state index in [9.17, 15) is 0 Å². The number of nitrogens with one attached hydrogen (secondary N) is 1. The molecule has 17 heavy (non-hydrogen) atoms. The summed E-state index contributed by atoms with van der Waals surface area (Å²) in [7, 11) is 0. The van der Waals surface area contributed by atoms with Crippen LogP contribution >= 0.6 is 11.6 Å². The van der Waals surface area contributed by atoms with Crippen molar-refractivity contribution in [2.45, 2.75) is 51.5 Å². The molecular weight excluding hydrogens is 230 g/mol. The highest BCUT2D eigenvalue weighted by Crippen LogP contribution is 2.28. The van der Waals surface area contributed by atoms with Crippen LogP contribution in [0.3, 0.4) is 0 Å². The molecule has 1 heterocycles. The fourth-order valence-electron chi connectivity index (χ4n) is 2.53. The Labute approximate surface area is 110 Å². The molecule has 1 aromatic carbocycles. The zero-order chi connectivity index (χ0) is 12.3. The molecule has 1 aliphatic rings. The van der Waals surface area contributed by atoms with E-state index >= 15 is 0 Å². The standard InChI is InChI=1S/C15H22ClN/c1-3-11(2)14-7-6-12(10-15(14)16)9-13-5-4-8-17-13/h6-7,10-11,13,17H,3-5,8-9H2,1-2H3. The van der Waals surface area contributed by atoms with Crippen LogP contribution in [0.5, 0.6) is 0 Å². The van der Waals surface area contributed by atoms with Gasteiger partial charge in [0.25, 0.3) is 0 Å². The maximum Gasteiger partial charge on any atom is 0.0443 e. The van der Waals surface area contributed by atoms with E-state index in [1.54, 1.807) is 0 Å². The second-order valence-corrected chi connectivity index (χ2v) is 5.57. The molecule has 0 bridgehead atoms. The molecule has 1 N–H and O–H groups in total. The number of rotatable bonds is 4. The summed E-state index contributed by atoms with van der Waals surface area (Å²) in [4.78, 5) is 0.